The highest BCUT2D eigenvalue weighted by Crippen LogP contribution is 2.29. The van der Waals surface area contributed by atoms with Crippen molar-refractivity contribution in [2.75, 3.05) is 6.54 Å². The molecule has 2 rings (SSSR count). The third-order valence-electron chi connectivity index (χ3n) is 3.79. The second-order valence-corrected chi connectivity index (χ2v) is 5.20. The Kier molecular flexibility index (Phi) is 4.88. The minimum Gasteiger partial charge on any atom is -0.288 e. The van der Waals surface area contributed by atoms with Crippen LogP contribution in [0.25, 0.3) is 0 Å². The second-order valence-electron chi connectivity index (χ2n) is 5.20. The van der Waals surface area contributed by atoms with Gasteiger partial charge in [-0.2, -0.15) is 13.2 Å². The molecule has 116 valence electrons. The van der Waals surface area contributed by atoms with Crippen LogP contribution in [0.1, 0.15) is 30.9 Å². The SMILES string of the molecule is CCc1ccccc1CC[C@H](N1CCC(=O)N1)C(F)(F)F. The normalized spacial score (nSPS) is 17.8. The molecule has 0 spiro atoms. The highest BCUT2D eigenvalue weighted by atomic mass is 19.4. The first-order valence-corrected chi connectivity index (χ1v) is 7.11. The van der Waals surface area contributed by atoms with E-state index in [-0.39, 0.29) is 25.3 Å². The average molecular weight is 300 g/mol. The summed E-state index contributed by atoms with van der Waals surface area (Å²) in [6.45, 7) is 2.10. The molecule has 0 radical (unpaired) electrons. The molecule has 1 amide bonds. The van der Waals surface area contributed by atoms with Crippen LogP contribution >= 0.6 is 0 Å². The van der Waals surface area contributed by atoms with Gasteiger partial charge in [0.05, 0.1) is 0 Å². The van der Waals surface area contributed by atoms with Crippen LogP contribution in [0.3, 0.4) is 0 Å². The summed E-state index contributed by atoms with van der Waals surface area (Å²) in [7, 11) is 0. The lowest BCUT2D eigenvalue weighted by atomic mass is 9.98. The van der Waals surface area contributed by atoms with Crippen molar-refractivity contribution in [1.29, 1.82) is 0 Å². The highest BCUT2D eigenvalue weighted by Gasteiger charge is 2.45. The van der Waals surface area contributed by atoms with Crippen LogP contribution in [0, 0.1) is 0 Å². The van der Waals surface area contributed by atoms with Crippen molar-refractivity contribution in [3.8, 4) is 0 Å². The number of nitrogens with one attached hydrogen (secondary N) is 1. The molecule has 1 aliphatic heterocycles. The van der Waals surface area contributed by atoms with Gasteiger partial charge >= 0.3 is 6.18 Å². The first-order chi connectivity index (χ1) is 9.91. The van der Waals surface area contributed by atoms with Gasteiger partial charge in [-0.05, 0) is 30.4 Å². The Morgan fingerprint density at radius 3 is 2.48 bits per heavy atom. The van der Waals surface area contributed by atoms with Crippen LogP contribution in [0.2, 0.25) is 0 Å². The van der Waals surface area contributed by atoms with Crippen molar-refractivity contribution in [2.45, 2.75) is 44.8 Å². The largest absolute Gasteiger partial charge is 0.405 e. The maximum atomic E-state index is 13.2. The highest BCUT2D eigenvalue weighted by molar-refractivity contribution is 5.77. The van der Waals surface area contributed by atoms with E-state index in [4.69, 9.17) is 0 Å². The van der Waals surface area contributed by atoms with E-state index in [1.807, 2.05) is 31.2 Å². The van der Waals surface area contributed by atoms with Gasteiger partial charge < -0.3 is 0 Å². The maximum absolute atomic E-state index is 13.2. The molecule has 1 heterocycles. The molecule has 1 atom stereocenters. The van der Waals surface area contributed by atoms with E-state index < -0.39 is 12.2 Å². The minimum absolute atomic E-state index is 0.0548. The van der Waals surface area contributed by atoms with Gasteiger partial charge in [0, 0.05) is 13.0 Å². The van der Waals surface area contributed by atoms with Crippen molar-refractivity contribution in [3.05, 3.63) is 35.4 Å². The predicted octanol–water partition coefficient (Wildman–Crippen LogP) is 2.85. The van der Waals surface area contributed by atoms with E-state index in [0.29, 0.717) is 6.42 Å². The van der Waals surface area contributed by atoms with E-state index in [1.54, 1.807) is 0 Å². The van der Waals surface area contributed by atoms with Crippen LogP contribution in [-0.2, 0) is 17.6 Å². The fourth-order valence-corrected chi connectivity index (χ4v) is 2.66. The molecule has 0 bridgehead atoms. The summed E-state index contributed by atoms with van der Waals surface area (Å²) < 4.78 is 39.6. The molecule has 0 unspecified atom stereocenters. The zero-order chi connectivity index (χ0) is 15.5. The van der Waals surface area contributed by atoms with E-state index in [0.717, 1.165) is 22.6 Å². The monoisotopic (exact) mass is 300 g/mol. The molecule has 1 fully saturated rings. The molecular weight excluding hydrogens is 281 g/mol. The van der Waals surface area contributed by atoms with Crippen molar-refractivity contribution < 1.29 is 18.0 Å². The lowest BCUT2D eigenvalue weighted by Gasteiger charge is -2.29. The number of rotatable bonds is 5. The van der Waals surface area contributed by atoms with Crippen LogP contribution in [0.4, 0.5) is 13.2 Å². The number of aryl methyl sites for hydroxylation is 2. The van der Waals surface area contributed by atoms with Gasteiger partial charge in [0.15, 0.2) is 0 Å². The van der Waals surface area contributed by atoms with Gasteiger partial charge in [-0.15, -0.1) is 0 Å². The summed E-state index contributed by atoms with van der Waals surface area (Å²) in [5.74, 6) is -0.349. The maximum Gasteiger partial charge on any atom is 0.405 e. The number of alkyl halides is 3. The molecule has 1 aliphatic rings. The van der Waals surface area contributed by atoms with E-state index in [2.05, 4.69) is 5.43 Å². The van der Waals surface area contributed by atoms with Gasteiger partial charge in [0.25, 0.3) is 0 Å². The number of carbonyl (C=O) groups excluding carboxylic acids is 1. The van der Waals surface area contributed by atoms with Gasteiger partial charge in [0.1, 0.15) is 6.04 Å². The molecule has 3 nitrogen and oxygen atoms in total. The van der Waals surface area contributed by atoms with E-state index in [1.165, 1.54) is 0 Å². The first kappa shape index (κ1) is 15.8. The standard InChI is InChI=1S/C15H19F3N2O/c1-2-11-5-3-4-6-12(11)7-8-13(15(16,17)18)20-10-9-14(21)19-20/h3-6,13H,2,7-10H2,1H3,(H,19,21)/t13-/m0/s1. The van der Waals surface area contributed by atoms with Gasteiger partial charge in [-0.3, -0.25) is 10.2 Å². The molecule has 21 heavy (non-hydrogen) atoms. The number of nitrogens with zero attached hydrogens (tertiary/aromatic N) is 1. The molecule has 1 aromatic carbocycles. The van der Waals surface area contributed by atoms with Gasteiger partial charge in [0.2, 0.25) is 5.91 Å². The fraction of sp³-hybridized carbons (Fsp3) is 0.533. The summed E-state index contributed by atoms with van der Waals surface area (Å²) in [4.78, 5) is 11.1. The van der Waals surface area contributed by atoms with Crippen molar-refractivity contribution in [2.24, 2.45) is 0 Å². The second kappa shape index (κ2) is 6.47. The molecule has 0 aliphatic carbocycles. The van der Waals surface area contributed by atoms with Gasteiger partial charge in [-0.1, -0.05) is 31.2 Å². The van der Waals surface area contributed by atoms with Crippen LogP contribution in [0.15, 0.2) is 24.3 Å². The predicted molar refractivity (Wildman–Crippen MR) is 73.4 cm³/mol. The van der Waals surface area contributed by atoms with Crippen molar-refractivity contribution in [1.82, 2.24) is 10.4 Å². The Balaban J connectivity index is 2.07. The summed E-state index contributed by atoms with van der Waals surface area (Å²) in [6, 6.07) is 5.91. The Bertz CT molecular complexity index is 502. The molecule has 6 heteroatoms. The number of carbonyl (C=O) groups is 1. The number of hydrazine groups is 1. The number of benzene rings is 1. The zero-order valence-corrected chi connectivity index (χ0v) is 11.9. The summed E-state index contributed by atoms with van der Waals surface area (Å²) in [5, 5.41) is 1.02. The summed E-state index contributed by atoms with van der Waals surface area (Å²) in [5.41, 5.74) is 4.32. The molecule has 1 saturated heterocycles. The average Bonchev–Trinajstić information content (AvgIpc) is 2.84. The Hall–Kier alpha value is -1.56. The third-order valence-corrected chi connectivity index (χ3v) is 3.79. The third kappa shape index (κ3) is 3.97. The van der Waals surface area contributed by atoms with Crippen LogP contribution in [0.5, 0.6) is 0 Å². The molecule has 0 aromatic heterocycles. The fourth-order valence-electron chi connectivity index (χ4n) is 2.66. The number of amides is 1. The zero-order valence-electron chi connectivity index (χ0n) is 11.9. The Morgan fingerprint density at radius 2 is 1.95 bits per heavy atom. The van der Waals surface area contributed by atoms with Crippen LogP contribution in [-0.4, -0.2) is 29.7 Å². The molecule has 1 aromatic rings. The number of halogens is 3. The van der Waals surface area contributed by atoms with Gasteiger partial charge in [-0.25, -0.2) is 5.01 Å². The lowest BCUT2D eigenvalue weighted by Crippen LogP contribution is -2.50. The number of hydrogen-bond acceptors (Lipinski definition) is 2. The van der Waals surface area contributed by atoms with E-state index in [9.17, 15) is 18.0 Å². The quantitative estimate of drug-likeness (QED) is 0.907. The Labute approximate surface area is 122 Å². The van der Waals surface area contributed by atoms with Crippen LogP contribution < -0.4 is 5.43 Å². The van der Waals surface area contributed by atoms with Crippen molar-refractivity contribution >= 4 is 5.91 Å². The van der Waals surface area contributed by atoms with E-state index >= 15 is 0 Å². The molecule has 1 N–H and O–H groups in total. The smallest absolute Gasteiger partial charge is 0.288 e. The lowest BCUT2D eigenvalue weighted by molar-refractivity contribution is -0.189. The minimum atomic E-state index is -4.35. The molecule has 0 saturated carbocycles. The summed E-state index contributed by atoms with van der Waals surface area (Å²) in [6.07, 6.45) is -3.13. The topological polar surface area (TPSA) is 32.3 Å². The first-order valence-electron chi connectivity index (χ1n) is 7.11. The summed E-state index contributed by atoms with van der Waals surface area (Å²) >= 11 is 0. The Morgan fingerprint density at radius 1 is 1.29 bits per heavy atom. The number of hydrogen-bond donors (Lipinski definition) is 1. The molecular formula is C15H19F3N2O. The van der Waals surface area contributed by atoms with Crippen molar-refractivity contribution in [3.63, 3.8) is 0 Å².